The van der Waals surface area contributed by atoms with Gasteiger partial charge in [-0.15, -0.1) is 0 Å². The third-order valence-corrected chi connectivity index (χ3v) is 5.84. The van der Waals surface area contributed by atoms with E-state index < -0.39 is 5.91 Å². The van der Waals surface area contributed by atoms with Gasteiger partial charge in [0.1, 0.15) is 22.2 Å². The lowest BCUT2D eigenvalue weighted by Crippen LogP contribution is -2.11. The number of carbonyl (C=O) groups is 1. The number of allylic oxidation sites excluding steroid dienone is 2. The fourth-order valence-corrected chi connectivity index (χ4v) is 4.36. The zero-order chi connectivity index (χ0) is 23.0. The number of ether oxygens (including phenoxy) is 1. The Kier molecular flexibility index (Phi) is 6.21. The minimum atomic E-state index is -0.554. The Morgan fingerprint density at radius 3 is 2.72 bits per heavy atom. The number of methoxy groups -OCH3 is 1. The molecule has 0 saturated heterocycles. The summed E-state index contributed by atoms with van der Waals surface area (Å²) in [5.74, 6) is 0.433. The predicted octanol–water partition coefficient (Wildman–Crippen LogP) is 4.49. The average molecular weight is 518 g/mol. The molecule has 0 bridgehead atoms. The maximum Gasteiger partial charge on any atom is 0.248 e. The maximum atomic E-state index is 11.9. The van der Waals surface area contributed by atoms with Crippen molar-refractivity contribution < 1.29 is 9.53 Å². The van der Waals surface area contributed by atoms with Crippen LogP contribution in [-0.4, -0.2) is 42.7 Å². The van der Waals surface area contributed by atoms with Crippen molar-refractivity contribution in [2.24, 2.45) is 5.73 Å². The zero-order valence-electron chi connectivity index (χ0n) is 17.9. The molecule has 4 aromatic rings. The van der Waals surface area contributed by atoms with E-state index in [0.29, 0.717) is 46.6 Å². The number of aromatic nitrogens is 5. The predicted molar refractivity (Wildman–Crippen MR) is 130 cm³/mol. The second-order valence-corrected chi connectivity index (χ2v) is 8.20. The van der Waals surface area contributed by atoms with Crippen LogP contribution in [0.25, 0.3) is 33.5 Å². The molecule has 1 amide bonds. The molecule has 2 N–H and O–H groups in total. The van der Waals surface area contributed by atoms with Crippen molar-refractivity contribution in [1.82, 2.24) is 24.3 Å². The van der Waals surface area contributed by atoms with E-state index in [0.717, 1.165) is 22.2 Å². The fourth-order valence-electron chi connectivity index (χ4n) is 3.83. The lowest BCUT2D eigenvalue weighted by molar-refractivity contribution is 0.1000. The van der Waals surface area contributed by atoms with Gasteiger partial charge >= 0.3 is 0 Å². The number of primary amides is 1. The van der Waals surface area contributed by atoms with Gasteiger partial charge in [-0.05, 0) is 32.0 Å². The van der Waals surface area contributed by atoms with E-state index in [1.54, 1.807) is 19.2 Å². The summed E-state index contributed by atoms with van der Waals surface area (Å²) in [7, 11) is 1.55. The minimum Gasteiger partial charge on any atom is -0.495 e. The first-order chi connectivity index (χ1) is 15.4. The van der Waals surface area contributed by atoms with Gasteiger partial charge in [0.15, 0.2) is 5.82 Å². The van der Waals surface area contributed by atoms with Crippen molar-refractivity contribution in [2.75, 3.05) is 12.4 Å². The number of hydrogen-bond donors (Lipinski definition) is 1. The number of rotatable bonds is 7. The van der Waals surface area contributed by atoms with Crippen LogP contribution >= 0.6 is 27.5 Å². The summed E-state index contributed by atoms with van der Waals surface area (Å²) < 4.78 is 9.47. The molecule has 3 aromatic heterocycles. The number of fused-ring (bicyclic) bond motifs is 3. The van der Waals surface area contributed by atoms with E-state index in [2.05, 4.69) is 26.0 Å². The quantitative estimate of drug-likeness (QED) is 0.221. The van der Waals surface area contributed by atoms with E-state index in [1.165, 1.54) is 0 Å². The van der Waals surface area contributed by atoms with E-state index in [9.17, 15) is 4.79 Å². The van der Waals surface area contributed by atoms with Crippen LogP contribution in [0.3, 0.4) is 0 Å². The molecule has 0 radical (unpaired) electrons. The van der Waals surface area contributed by atoms with Gasteiger partial charge in [-0.3, -0.25) is 9.48 Å². The number of carbonyl (C=O) groups excluding carboxylic acids is 1. The van der Waals surface area contributed by atoms with Crippen molar-refractivity contribution in [2.45, 2.75) is 26.9 Å². The summed E-state index contributed by atoms with van der Waals surface area (Å²) >= 11 is 10.1. The van der Waals surface area contributed by atoms with Crippen molar-refractivity contribution in [3.8, 4) is 17.3 Å². The lowest BCUT2D eigenvalue weighted by Gasteiger charge is -2.09. The Bertz CT molecular complexity index is 1370. The van der Waals surface area contributed by atoms with Crippen molar-refractivity contribution in [1.29, 1.82) is 0 Å². The highest BCUT2D eigenvalue weighted by Crippen LogP contribution is 2.39. The van der Waals surface area contributed by atoms with Crippen LogP contribution in [0.5, 0.6) is 5.75 Å². The van der Waals surface area contributed by atoms with Crippen LogP contribution in [0.4, 0.5) is 0 Å². The molecular formula is C22H22BrClN6O2. The monoisotopic (exact) mass is 516 g/mol. The summed E-state index contributed by atoms with van der Waals surface area (Å²) in [5.41, 5.74) is 8.93. The molecule has 166 valence electrons. The number of nitrogens with zero attached hydrogens (tertiary/aromatic N) is 5. The highest BCUT2D eigenvalue weighted by atomic mass is 79.9. The third-order valence-electron chi connectivity index (χ3n) is 5.19. The summed E-state index contributed by atoms with van der Waals surface area (Å²) in [4.78, 5) is 21.4. The number of benzene rings is 1. The molecule has 0 aliphatic heterocycles. The van der Waals surface area contributed by atoms with Crippen molar-refractivity contribution in [3.63, 3.8) is 0 Å². The molecule has 0 aliphatic carbocycles. The number of aryl methyl sites for hydroxylation is 2. The average Bonchev–Trinajstić information content (AvgIpc) is 3.31. The SMILES string of the molecule is CCn1nc(C)cc1-c1nc(Cl)c2c3cc(C(N)=O)cc(OC)c3n(C/C=C/CBr)c2n1. The molecule has 4 rings (SSSR count). The third kappa shape index (κ3) is 3.75. The molecule has 32 heavy (non-hydrogen) atoms. The number of halogens is 2. The topological polar surface area (TPSA) is 101 Å². The van der Waals surface area contributed by atoms with Crippen LogP contribution in [-0.2, 0) is 13.1 Å². The Hall–Kier alpha value is -2.91. The summed E-state index contributed by atoms with van der Waals surface area (Å²) in [6.07, 6.45) is 4.02. The summed E-state index contributed by atoms with van der Waals surface area (Å²) in [6.45, 7) is 5.13. The van der Waals surface area contributed by atoms with Gasteiger partial charge in [-0.1, -0.05) is 39.7 Å². The van der Waals surface area contributed by atoms with Crippen molar-refractivity contribution >= 4 is 55.4 Å². The second kappa shape index (κ2) is 8.91. The number of hydrogen-bond acceptors (Lipinski definition) is 5. The summed E-state index contributed by atoms with van der Waals surface area (Å²) in [5, 5.41) is 6.85. The van der Waals surface area contributed by atoms with Crippen LogP contribution < -0.4 is 10.5 Å². The van der Waals surface area contributed by atoms with Gasteiger partial charge in [-0.2, -0.15) is 5.10 Å². The normalized spacial score (nSPS) is 11.8. The molecule has 0 unspecified atom stereocenters. The number of amides is 1. The molecule has 0 fully saturated rings. The second-order valence-electron chi connectivity index (χ2n) is 7.20. The van der Waals surface area contributed by atoms with E-state index in [4.69, 9.17) is 27.1 Å². The summed E-state index contributed by atoms with van der Waals surface area (Å²) in [6, 6.07) is 5.28. The molecule has 10 heteroatoms. The number of nitrogens with two attached hydrogens (primary N) is 1. The lowest BCUT2D eigenvalue weighted by atomic mass is 10.1. The molecule has 0 aliphatic rings. The molecule has 8 nitrogen and oxygen atoms in total. The van der Waals surface area contributed by atoms with Gasteiger partial charge < -0.3 is 15.0 Å². The van der Waals surface area contributed by atoms with Gasteiger partial charge in [0.25, 0.3) is 0 Å². The Balaban J connectivity index is 2.11. The van der Waals surface area contributed by atoms with Gasteiger partial charge in [0.2, 0.25) is 5.91 Å². The highest BCUT2D eigenvalue weighted by Gasteiger charge is 2.23. The van der Waals surface area contributed by atoms with Gasteiger partial charge in [0, 0.05) is 29.4 Å². The molecule has 0 saturated carbocycles. The number of alkyl halides is 1. The fraction of sp³-hybridized carbons (Fsp3) is 0.273. The van der Waals surface area contributed by atoms with E-state index >= 15 is 0 Å². The van der Waals surface area contributed by atoms with Gasteiger partial charge in [-0.25, -0.2) is 9.97 Å². The molecule has 1 aromatic carbocycles. The molecule has 3 heterocycles. The minimum absolute atomic E-state index is 0.281. The largest absolute Gasteiger partial charge is 0.495 e. The molecule has 0 atom stereocenters. The smallest absolute Gasteiger partial charge is 0.248 e. The maximum absolute atomic E-state index is 11.9. The first-order valence-electron chi connectivity index (χ1n) is 10.0. The van der Waals surface area contributed by atoms with Crippen LogP contribution in [0.2, 0.25) is 5.15 Å². The van der Waals surface area contributed by atoms with Crippen LogP contribution in [0.1, 0.15) is 23.0 Å². The van der Waals surface area contributed by atoms with Crippen LogP contribution in [0, 0.1) is 6.92 Å². The Morgan fingerprint density at radius 2 is 2.06 bits per heavy atom. The Labute approximate surface area is 198 Å². The van der Waals surface area contributed by atoms with Crippen LogP contribution in [0.15, 0.2) is 30.4 Å². The van der Waals surface area contributed by atoms with E-state index in [-0.39, 0.29) is 5.15 Å². The molecule has 0 spiro atoms. The highest BCUT2D eigenvalue weighted by molar-refractivity contribution is 9.09. The van der Waals surface area contributed by atoms with Gasteiger partial charge in [0.05, 0.1) is 23.7 Å². The zero-order valence-corrected chi connectivity index (χ0v) is 20.2. The first kappa shape index (κ1) is 22.3. The molecular weight excluding hydrogens is 496 g/mol. The van der Waals surface area contributed by atoms with Crippen molar-refractivity contribution in [3.05, 3.63) is 46.8 Å². The van der Waals surface area contributed by atoms with E-state index in [1.807, 2.05) is 41.3 Å². The Morgan fingerprint density at radius 1 is 1.28 bits per heavy atom. The first-order valence-corrected chi connectivity index (χ1v) is 11.5. The standard InChI is InChI=1S/C22H22BrClN6O2/c1-4-30-15(9-12(2)28-30)21-26-19(24)17-14-10-13(20(25)31)11-16(32-3)18(14)29(22(17)27-21)8-6-5-7-23/h5-6,9-11H,4,7-8H2,1-3H3,(H2,25,31)/b6-5+.